The second kappa shape index (κ2) is 18.2. The van der Waals surface area contributed by atoms with E-state index in [4.69, 9.17) is 9.47 Å². The lowest BCUT2D eigenvalue weighted by molar-refractivity contribution is -0.179. The SMILES string of the molecule is O=C(OCC1(Cc2ccccc2OCCCCCNC[C@H](O)c2ccc(O)c3[nH]c(=O)ccc23)CCNCC1)C(O)(c1ccccc1)C1CCCCC1. The van der Waals surface area contributed by atoms with Crippen LogP contribution in [0.15, 0.2) is 83.7 Å². The number of hydrogen-bond donors (Lipinski definition) is 6. The Morgan fingerprint density at radius 2 is 1.68 bits per heavy atom. The highest BCUT2D eigenvalue weighted by molar-refractivity contribution is 5.87. The molecule has 53 heavy (non-hydrogen) atoms. The number of pyridine rings is 1. The second-order valence-electron chi connectivity index (χ2n) is 15.0. The van der Waals surface area contributed by atoms with Gasteiger partial charge in [0, 0.05) is 29.3 Å². The highest BCUT2D eigenvalue weighted by Gasteiger charge is 2.48. The number of H-pyrrole nitrogens is 1. The average Bonchev–Trinajstić information content (AvgIpc) is 3.19. The Morgan fingerprint density at radius 1 is 0.925 bits per heavy atom. The lowest BCUT2D eigenvalue weighted by atomic mass is 9.73. The van der Waals surface area contributed by atoms with Gasteiger partial charge >= 0.3 is 5.97 Å². The van der Waals surface area contributed by atoms with E-state index in [1.807, 2.05) is 48.5 Å². The van der Waals surface area contributed by atoms with Crippen molar-refractivity contribution < 1.29 is 29.6 Å². The molecule has 0 spiro atoms. The van der Waals surface area contributed by atoms with Crippen LogP contribution in [-0.2, 0) is 21.6 Å². The number of benzene rings is 3. The van der Waals surface area contributed by atoms with Crippen LogP contribution in [-0.4, -0.2) is 65.7 Å². The van der Waals surface area contributed by atoms with Gasteiger partial charge in [0.1, 0.15) is 11.5 Å². The molecule has 6 N–H and O–H groups in total. The fourth-order valence-corrected chi connectivity index (χ4v) is 8.19. The van der Waals surface area contributed by atoms with Crippen LogP contribution in [0.25, 0.3) is 10.9 Å². The molecule has 10 heteroatoms. The Kier molecular flexibility index (Phi) is 13.2. The van der Waals surface area contributed by atoms with Crippen molar-refractivity contribution in [3.05, 3.63) is 106 Å². The summed E-state index contributed by atoms with van der Waals surface area (Å²) in [6.07, 6.45) is 9.13. The van der Waals surface area contributed by atoms with E-state index < -0.39 is 17.7 Å². The first-order chi connectivity index (χ1) is 25.8. The van der Waals surface area contributed by atoms with E-state index in [1.54, 1.807) is 12.1 Å². The lowest BCUT2D eigenvalue weighted by Crippen LogP contribution is -2.48. The van der Waals surface area contributed by atoms with E-state index in [2.05, 4.69) is 21.7 Å². The molecular formula is C43H55N3O7. The number of para-hydroxylation sites is 1. The molecule has 1 saturated carbocycles. The minimum atomic E-state index is -1.66. The van der Waals surface area contributed by atoms with Crippen molar-refractivity contribution in [3.63, 3.8) is 0 Å². The maximum atomic E-state index is 14.0. The van der Waals surface area contributed by atoms with Crippen molar-refractivity contribution in [2.75, 3.05) is 39.4 Å². The quantitative estimate of drug-likeness (QED) is 0.0566. The van der Waals surface area contributed by atoms with E-state index in [9.17, 15) is 24.9 Å². The number of piperidine rings is 1. The Bertz CT molecular complexity index is 1830. The number of rotatable bonds is 17. The molecule has 10 nitrogen and oxygen atoms in total. The Labute approximate surface area is 311 Å². The molecule has 4 aromatic rings. The summed E-state index contributed by atoms with van der Waals surface area (Å²) in [5.74, 6) is 0.129. The number of carbonyl (C=O) groups is 1. The average molecular weight is 726 g/mol. The van der Waals surface area contributed by atoms with E-state index in [0.29, 0.717) is 41.6 Å². The van der Waals surface area contributed by atoms with Gasteiger partial charge in [-0.1, -0.05) is 73.9 Å². The lowest BCUT2D eigenvalue weighted by Gasteiger charge is -2.40. The topological polar surface area (TPSA) is 153 Å². The van der Waals surface area contributed by atoms with E-state index in [-0.39, 0.29) is 29.2 Å². The summed E-state index contributed by atoms with van der Waals surface area (Å²) >= 11 is 0. The van der Waals surface area contributed by atoms with Gasteiger partial charge in [0.2, 0.25) is 5.56 Å². The molecule has 1 unspecified atom stereocenters. The van der Waals surface area contributed by atoms with Crippen molar-refractivity contribution in [1.82, 2.24) is 15.6 Å². The number of hydrogen-bond acceptors (Lipinski definition) is 9. The van der Waals surface area contributed by atoms with Gasteiger partial charge in [-0.2, -0.15) is 0 Å². The van der Waals surface area contributed by atoms with Gasteiger partial charge in [-0.15, -0.1) is 0 Å². The van der Waals surface area contributed by atoms with Crippen LogP contribution >= 0.6 is 0 Å². The number of nitrogens with one attached hydrogen (secondary N) is 3. The van der Waals surface area contributed by atoms with E-state index in [0.717, 1.165) is 95.2 Å². The first-order valence-electron chi connectivity index (χ1n) is 19.4. The molecule has 1 aliphatic heterocycles. The zero-order chi connectivity index (χ0) is 37.1. The standard InChI is InChI=1S/C43H55N3O7/c47-36-20-18-34(35-19-21-39(49)46-40(35)36)37(48)29-45-24-10-3-11-27-52-38-17-9-8-12-31(38)28-42(22-25-44-26-23-42)30-53-41(50)43(51,32-13-4-1-5-14-32)33-15-6-2-7-16-33/h1,4-5,8-9,12-14,17-21,33,37,44-45,47-48,51H,2-3,6-7,10-11,15-16,22-30H2,(H,46,49)/t37-,43?/m0/s1. The summed E-state index contributed by atoms with van der Waals surface area (Å²) in [7, 11) is 0. The summed E-state index contributed by atoms with van der Waals surface area (Å²) in [6.45, 7) is 3.57. The molecule has 0 amide bonds. The monoisotopic (exact) mass is 725 g/mol. The molecule has 284 valence electrons. The van der Waals surface area contributed by atoms with Gasteiger partial charge < -0.3 is 40.4 Å². The maximum absolute atomic E-state index is 14.0. The molecule has 1 aromatic heterocycles. The van der Waals surface area contributed by atoms with Crippen LogP contribution in [0.3, 0.4) is 0 Å². The van der Waals surface area contributed by atoms with Crippen LogP contribution in [0.1, 0.15) is 87.0 Å². The molecule has 0 radical (unpaired) electrons. The summed E-state index contributed by atoms with van der Waals surface area (Å²) in [6, 6.07) is 23.7. The summed E-state index contributed by atoms with van der Waals surface area (Å²) in [5, 5.41) is 40.4. The zero-order valence-corrected chi connectivity index (χ0v) is 30.7. The van der Waals surface area contributed by atoms with E-state index in [1.165, 1.54) is 12.1 Å². The zero-order valence-electron chi connectivity index (χ0n) is 30.7. The fourth-order valence-electron chi connectivity index (χ4n) is 8.19. The number of aromatic nitrogens is 1. The number of aromatic hydroxyl groups is 1. The van der Waals surface area contributed by atoms with Crippen LogP contribution in [0, 0.1) is 11.3 Å². The third kappa shape index (κ3) is 9.48. The Morgan fingerprint density at radius 3 is 2.47 bits per heavy atom. The highest BCUT2D eigenvalue weighted by atomic mass is 16.6. The molecule has 0 bridgehead atoms. The third-order valence-electron chi connectivity index (χ3n) is 11.3. The Hall–Kier alpha value is -4.22. The van der Waals surface area contributed by atoms with Gasteiger partial charge in [0.15, 0.2) is 5.60 Å². The van der Waals surface area contributed by atoms with Crippen molar-refractivity contribution in [3.8, 4) is 11.5 Å². The first kappa shape index (κ1) is 38.5. The van der Waals surface area contributed by atoms with E-state index >= 15 is 0 Å². The maximum Gasteiger partial charge on any atom is 0.343 e. The number of ether oxygens (including phenoxy) is 2. The molecule has 3 aromatic carbocycles. The minimum Gasteiger partial charge on any atom is -0.506 e. The minimum absolute atomic E-state index is 0.0273. The van der Waals surface area contributed by atoms with Crippen molar-refractivity contribution >= 4 is 16.9 Å². The molecule has 6 rings (SSSR count). The summed E-state index contributed by atoms with van der Waals surface area (Å²) in [4.78, 5) is 28.3. The largest absolute Gasteiger partial charge is 0.506 e. The molecule has 2 atom stereocenters. The van der Waals surface area contributed by atoms with Crippen LogP contribution < -0.4 is 20.9 Å². The van der Waals surface area contributed by atoms with Crippen molar-refractivity contribution in [2.24, 2.45) is 11.3 Å². The molecular weight excluding hydrogens is 670 g/mol. The number of unbranched alkanes of at least 4 members (excludes halogenated alkanes) is 2. The number of carbonyl (C=O) groups excluding carboxylic acids is 1. The predicted octanol–water partition coefficient (Wildman–Crippen LogP) is 6.03. The fraction of sp³-hybridized carbons (Fsp3) is 0.488. The van der Waals surface area contributed by atoms with Crippen molar-refractivity contribution in [1.29, 1.82) is 0 Å². The predicted molar refractivity (Wildman–Crippen MR) is 206 cm³/mol. The van der Waals surface area contributed by atoms with Gasteiger partial charge in [-0.3, -0.25) is 4.79 Å². The van der Waals surface area contributed by atoms with Gasteiger partial charge in [0.05, 0.1) is 24.8 Å². The van der Waals surface area contributed by atoms with Crippen LogP contribution in [0.2, 0.25) is 0 Å². The second-order valence-corrected chi connectivity index (χ2v) is 15.0. The summed E-state index contributed by atoms with van der Waals surface area (Å²) < 4.78 is 12.5. The number of aliphatic hydroxyl groups excluding tert-OH is 1. The smallest absolute Gasteiger partial charge is 0.343 e. The number of esters is 1. The highest BCUT2D eigenvalue weighted by Crippen LogP contribution is 2.42. The number of fused-ring (bicyclic) bond motifs is 1. The molecule has 1 aliphatic carbocycles. The van der Waals surface area contributed by atoms with Crippen LogP contribution in [0.5, 0.6) is 11.5 Å². The normalized spacial score (nSPS) is 17.9. The van der Waals surface area contributed by atoms with Crippen LogP contribution in [0.4, 0.5) is 0 Å². The molecule has 2 aliphatic rings. The van der Waals surface area contributed by atoms with Crippen molar-refractivity contribution in [2.45, 2.75) is 82.3 Å². The van der Waals surface area contributed by atoms with Gasteiger partial charge in [0.25, 0.3) is 0 Å². The molecule has 1 saturated heterocycles. The summed E-state index contributed by atoms with van der Waals surface area (Å²) in [5.41, 5.74) is 0.443. The molecule has 2 fully saturated rings. The number of aliphatic hydroxyl groups is 2. The van der Waals surface area contributed by atoms with Gasteiger partial charge in [-0.25, -0.2) is 4.79 Å². The first-order valence-corrected chi connectivity index (χ1v) is 19.4. The Balaban J connectivity index is 0.993. The number of phenols is 1. The third-order valence-corrected chi connectivity index (χ3v) is 11.3. The number of phenolic OH excluding ortho intramolecular Hbond substituents is 1. The number of aromatic amines is 1. The van der Waals surface area contributed by atoms with Gasteiger partial charge in [-0.05, 0) is 106 Å². The molecule has 2 heterocycles.